The van der Waals surface area contributed by atoms with E-state index in [0.29, 0.717) is 42.6 Å². The molecule has 1 saturated heterocycles. The van der Waals surface area contributed by atoms with E-state index in [4.69, 9.17) is 21.1 Å². The smallest absolute Gasteiger partial charge is 0.410 e. The van der Waals surface area contributed by atoms with Gasteiger partial charge in [-0.15, -0.1) is 0 Å². The molecule has 0 bridgehead atoms. The third-order valence-corrected chi connectivity index (χ3v) is 4.14. The molecule has 1 fully saturated rings. The van der Waals surface area contributed by atoms with Gasteiger partial charge in [0.05, 0.1) is 13.2 Å². The Hall–Kier alpha value is -2.63. The van der Waals surface area contributed by atoms with Crippen LogP contribution in [0.25, 0.3) is 6.08 Å². The lowest BCUT2D eigenvalue weighted by atomic mass is 10.1. The highest BCUT2D eigenvalue weighted by Gasteiger charge is 2.18. The lowest BCUT2D eigenvalue weighted by Crippen LogP contribution is -2.42. The highest BCUT2D eigenvalue weighted by Crippen LogP contribution is 2.17. The van der Waals surface area contributed by atoms with Gasteiger partial charge in [-0.05, 0) is 48.0 Å². The second-order valence-electron chi connectivity index (χ2n) is 5.74. The van der Waals surface area contributed by atoms with E-state index >= 15 is 0 Å². The zero-order chi connectivity index (χ0) is 18.4. The van der Waals surface area contributed by atoms with Gasteiger partial charge in [-0.25, -0.2) is 4.79 Å². The van der Waals surface area contributed by atoms with Crippen LogP contribution in [0.2, 0.25) is 5.02 Å². The number of nitrogens with zero attached hydrogens (tertiary/aromatic N) is 1. The summed E-state index contributed by atoms with van der Waals surface area (Å²) in [4.78, 5) is 25.9. The van der Waals surface area contributed by atoms with Crippen LogP contribution in [0.5, 0.6) is 5.75 Å². The summed E-state index contributed by atoms with van der Waals surface area (Å²) >= 11 is 5.82. The molecule has 0 N–H and O–H groups in total. The molecule has 2 aromatic carbocycles. The fourth-order valence-electron chi connectivity index (χ4n) is 2.48. The van der Waals surface area contributed by atoms with Crippen LogP contribution in [0.15, 0.2) is 54.6 Å². The van der Waals surface area contributed by atoms with E-state index in [1.165, 1.54) is 6.08 Å². The fourth-order valence-corrected chi connectivity index (χ4v) is 2.60. The first kappa shape index (κ1) is 18.2. The molecule has 1 aliphatic heterocycles. The molecule has 0 aromatic heterocycles. The van der Waals surface area contributed by atoms with Crippen molar-refractivity contribution in [3.8, 4) is 5.75 Å². The van der Waals surface area contributed by atoms with Crippen molar-refractivity contribution in [3.63, 3.8) is 0 Å². The van der Waals surface area contributed by atoms with Gasteiger partial charge in [0.15, 0.2) is 5.78 Å². The van der Waals surface area contributed by atoms with Crippen molar-refractivity contribution in [2.75, 3.05) is 26.3 Å². The summed E-state index contributed by atoms with van der Waals surface area (Å²) in [5.41, 5.74) is 1.32. The van der Waals surface area contributed by atoms with Gasteiger partial charge in [0.2, 0.25) is 0 Å². The van der Waals surface area contributed by atoms with Gasteiger partial charge >= 0.3 is 6.09 Å². The molecular formula is C20H18ClNO4. The topological polar surface area (TPSA) is 55.8 Å². The summed E-state index contributed by atoms with van der Waals surface area (Å²) in [6.45, 7) is 2.08. The molecule has 0 aliphatic carbocycles. The van der Waals surface area contributed by atoms with E-state index in [1.807, 2.05) is 6.07 Å². The minimum Gasteiger partial charge on any atom is -0.410 e. The third kappa shape index (κ3) is 4.94. The predicted molar refractivity (Wildman–Crippen MR) is 99.7 cm³/mol. The van der Waals surface area contributed by atoms with Crippen molar-refractivity contribution >= 4 is 29.6 Å². The number of rotatable bonds is 4. The van der Waals surface area contributed by atoms with E-state index in [0.717, 1.165) is 5.56 Å². The number of hydrogen-bond acceptors (Lipinski definition) is 4. The summed E-state index contributed by atoms with van der Waals surface area (Å²) in [5.74, 6) is 0.306. The van der Waals surface area contributed by atoms with Gasteiger partial charge in [0, 0.05) is 23.7 Å². The average Bonchev–Trinajstić information content (AvgIpc) is 2.67. The molecule has 0 radical (unpaired) electrons. The van der Waals surface area contributed by atoms with Gasteiger partial charge in [-0.3, -0.25) is 4.79 Å². The predicted octanol–water partition coefficient (Wildman–Crippen LogP) is 4.07. The normalized spacial score (nSPS) is 14.4. The summed E-state index contributed by atoms with van der Waals surface area (Å²) < 4.78 is 10.6. The number of allylic oxidation sites excluding steroid dienone is 1. The number of hydrogen-bond donors (Lipinski definition) is 0. The number of carbonyl (C=O) groups is 2. The van der Waals surface area contributed by atoms with Crippen molar-refractivity contribution in [2.45, 2.75) is 0 Å². The number of ketones is 1. The van der Waals surface area contributed by atoms with Crippen molar-refractivity contribution in [1.82, 2.24) is 4.90 Å². The number of halogens is 1. The average molecular weight is 372 g/mol. The third-order valence-electron chi connectivity index (χ3n) is 3.89. The Labute approximate surface area is 156 Å². The van der Waals surface area contributed by atoms with E-state index in [2.05, 4.69) is 0 Å². The quantitative estimate of drug-likeness (QED) is 0.600. The molecule has 3 rings (SSSR count). The lowest BCUT2D eigenvalue weighted by Gasteiger charge is -2.25. The van der Waals surface area contributed by atoms with E-state index in [1.54, 1.807) is 53.4 Å². The molecule has 6 heteroatoms. The zero-order valence-electron chi connectivity index (χ0n) is 14.1. The standard InChI is InChI=1S/C20H18ClNO4/c21-17-7-5-16(6-8-17)19(23)9-4-15-2-1-3-18(14-15)26-20(24)22-10-12-25-13-11-22/h1-9,14H,10-13H2/b9-4+. The van der Waals surface area contributed by atoms with E-state index in [9.17, 15) is 9.59 Å². The zero-order valence-corrected chi connectivity index (χ0v) is 14.8. The highest BCUT2D eigenvalue weighted by molar-refractivity contribution is 6.30. The summed E-state index contributed by atoms with van der Waals surface area (Å²) in [7, 11) is 0. The van der Waals surface area contributed by atoms with Crippen LogP contribution in [0, 0.1) is 0 Å². The largest absolute Gasteiger partial charge is 0.415 e. The SMILES string of the molecule is O=C(/C=C/c1cccc(OC(=O)N2CCOCC2)c1)c1ccc(Cl)cc1. The van der Waals surface area contributed by atoms with Crippen molar-refractivity contribution in [2.24, 2.45) is 0 Å². The van der Waals surface area contributed by atoms with Crippen LogP contribution in [0.3, 0.4) is 0 Å². The second kappa shape index (κ2) is 8.65. The van der Waals surface area contributed by atoms with Crippen LogP contribution in [0.1, 0.15) is 15.9 Å². The van der Waals surface area contributed by atoms with Crippen LogP contribution < -0.4 is 4.74 Å². The minimum atomic E-state index is -0.397. The molecule has 0 unspecified atom stereocenters. The monoisotopic (exact) mass is 371 g/mol. The Balaban J connectivity index is 1.64. The van der Waals surface area contributed by atoms with Crippen molar-refractivity contribution in [3.05, 3.63) is 70.8 Å². The van der Waals surface area contributed by atoms with Crippen molar-refractivity contribution in [1.29, 1.82) is 0 Å². The second-order valence-corrected chi connectivity index (χ2v) is 6.18. The highest BCUT2D eigenvalue weighted by atomic mass is 35.5. The van der Waals surface area contributed by atoms with Crippen molar-refractivity contribution < 1.29 is 19.1 Å². The maximum Gasteiger partial charge on any atom is 0.415 e. The maximum absolute atomic E-state index is 12.2. The fraction of sp³-hybridized carbons (Fsp3) is 0.200. The molecule has 5 nitrogen and oxygen atoms in total. The number of amides is 1. The number of morpholine rings is 1. The molecule has 1 aliphatic rings. The molecule has 134 valence electrons. The van der Waals surface area contributed by atoms with E-state index < -0.39 is 6.09 Å². The first-order valence-corrected chi connectivity index (χ1v) is 8.62. The molecule has 1 heterocycles. The summed E-state index contributed by atoms with van der Waals surface area (Å²) in [6, 6.07) is 13.7. The summed E-state index contributed by atoms with van der Waals surface area (Å²) in [6.07, 6.45) is 2.77. The molecule has 2 aromatic rings. The van der Waals surface area contributed by atoms with Crippen LogP contribution in [0.4, 0.5) is 4.79 Å². The first-order valence-electron chi connectivity index (χ1n) is 8.24. The van der Waals surface area contributed by atoms with Gasteiger partial charge in [-0.2, -0.15) is 0 Å². The Kier molecular flexibility index (Phi) is 6.04. The number of ether oxygens (including phenoxy) is 2. The number of carbonyl (C=O) groups excluding carboxylic acids is 2. The molecule has 0 atom stereocenters. The Morgan fingerprint density at radius 3 is 2.54 bits per heavy atom. The Morgan fingerprint density at radius 1 is 1.08 bits per heavy atom. The molecule has 0 spiro atoms. The van der Waals surface area contributed by atoms with Gasteiger partial charge in [-0.1, -0.05) is 29.8 Å². The molecule has 0 saturated carbocycles. The van der Waals surface area contributed by atoms with Gasteiger partial charge < -0.3 is 14.4 Å². The van der Waals surface area contributed by atoms with Crippen LogP contribution in [-0.2, 0) is 4.74 Å². The molecule has 1 amide bonds. The molecular weight excluding hydrogens is 354 g/mol. The van der Waals surface area contributed by atoms with E-state index in [-0.39, 0.29) is 5.78 Å². The van der Waals surface area contributed by atoms with Crippen LogP contribution >= 0.6 is 11.6 Å². The van der Waals surface area contributed by atoms with Crippen LogP contribution in [-0.4, -0.2) is 43.1 Å². The Bertz CT molecular complexity index is 811. The first-order chi connectivity index (χ1) is 12.6. The molecule has 26 heavy (non-hydrogen) atoms. The maximum atomic E-state index is 12.2. The van der Waals surface area contributed by atoms with Gasteiger partial charge in [0.1, 0.15) is 5.75 Å². The number of benzene rings is 2. The lowest BCUT2D eigenvalue weighted by molar-refractivity contribution is 0.0416. The minimum absolute atomic E-state index is 0.127. The van der Waals surface area contributed by atoms with Gasteiger partial charge in [0.25, 0.3) is 0 Å². The Morgan fingerprint density at radius 2 is 1.81 bits per heavy atom. The summed E-state index contributed by atoms with van der Waals surface area (Å²) in [5, 5.41) is 0.584.